The van der Waals surface area contributed by atoms with Crippen LogP contribution >= 0.6 is 0 Å². The monoisotopic (exact) mass is 382 g/mol. The van der Waals surface area contributed by atoms with E-state index in [1.807, 2.05) is 0 Å². The van der Waals surface area contributed by atoms with Gasteiger partial charge >= 0.3 is 0 Å². The van der Waals surface area contributed by atoms with E-state index in [0.29, 0.717) is 12.0 Å². The lowest BCUT2D eigenvalue weighted by Crippen LogP contribution is -2.23. The fraction of sp³-hybridized carbons (Fsp3) is 1.00. The summed E-state index contributed by atoms with van der Waals surface area (Å²) in [4.78, 5) is 0. The number of hydrogen-bond donors (Lipinski definition) is 1. The van der Waals surface area contributed by atoms with Gasteiger partial charge < -0.3 is 5.11 Å². The molecule has 0 amide bonds. The van der Waals surface area contributed by atoms with Crippen molar-refractivity contribution in [3.63, 3.8) is 0 Å². The molecule has 0 bridgehead atoms. The number of aliphatic hydroxyl groups is 1. The second-order valence-corrected chi connectivity index (χ2v) is 9.17. The Hall–Kier alpha value is -0.0400. The molecule has 0 radical (unpaired) electrons. The van der Waals surface area contributed by atoms with Crippen LogP contribution in [0.2, 0.25) is 0 Å². The molecule has 0 aliphatic rings. The van der Waals surface area contributed by atoms with Gasteiger partial charge in [-0.05, 0) is 31.1 Å². The number of aliphatic hydroxyl groups excluding tert-OH is 1. The van der Waals surface area contributed by atoms with E-state index in [-0.39, 0.29) is 0 Å². The fourth-order valence-electron chi connectivity index (χ4n) is 4.61. The molecule has 0 heterocycles. The lowest BCUT2D eigenvalue weighted by molar-refractivity contribution is 0.134. The summed E-state index contributed by atoms with van der Waals surface area (Å²) in [5.41, 5.74) is 0.443. The average molecular weight is 383 g/mol. The summed E-state index contributed by atoms with van der Waals surface area (Å²) in [6, 6.07) is 0. The largest absolute Gasteiger partial charge is 0.396 e. The quantitative estimate of drug-likeness (QED) is 0.185. The lowest BCUT2D eigenvalue weighted by Gasteiger charge is -2.34. The van der Waals surface area contributed by atoms with Gasteiger partial charge in [-0.1, -0.05) is 130 Å². The van der Waals surface area contributed by atoms with E-state index in [1.54, 1.807) is 0 Å². The van der Waals surface area contributed by atoms with Crippen molar-refractivity contribution in [3.8, 4) is 0 Å². The van der Waals surface area contributed by atoms with Crippen molar-refractivity contribution in [2.75, 3.05) is 6.61 Å². The molecule has 1 heteroatoms. The Morgan fingerprint density at radius 2 is 0.741 bits per heavy atom. The number of rotatable bonds is 22. The first-order valence-electron chi connectivity index (χ1n) is 12.9. The molecule has 0 aromatic heterocycles. The van der Waals surface area contributed by atoms with Gasteiger partial charge in [0.2, 0.25) is 0 Å². The topological polar surface area (TPSA) is 20.2 Å². The van der Waals surface area contributed by atoms with Gasteiger partial charge in [0.1, 0.15) is 0 Å². The molecule has 0 unspecified atom stereocenters. The van der Waals surface area contributed by atoms with Crippen LogP contribution in [-0.2, 0) is 0 Å². The van der Waals surface area contributed by atoms with Crippen LogP contribution in [0.3, 0.4) is 0 Å². The summed E-state index contributed by atoms with van der Waals surface area (Å²) in [7, 11) is 0. The van der Waals surface area contributed by atoms with Crippen molar-refractivity contribution in [2.24, 2.45) is 5.41 Å². The van der Waals surface area contributed by atoms with E-state index >= 15 is 0 Å². The van der Waals surface area contributed by atoms with Crippen LogP contribution in [0.25, 0.3) is 0 Å². The first kappa shape index (κ1) is 27.0. The zero-order valence-corrected chi connectivity index (χ0v) is 19.5. The van der Waals surface area contributed by atoms with Crippen molar-refractivity contribution >= 4 is 0 Å². The van der Waals surface area contributed by atoms with Crippen LogP contribution < -0.4 is 0 Å². The van der Waals surface area contributed by atoms with Crippen molar-refractivity contribution in [1.29, 1.82) is 0 Å². The predicted molar refractivity (Wildman–Crippen MR) is 123 cm³/mol. The zero-order chi connectivity index (χ0) is 20.1. The SMILES string of the molecule is CCCCCCCCCCCCCCCC(CCO)(CCCC)CCCC. The molecule has 0 saturated heterocycles. The summed E-state index contributed by atoms with van der Waals surface area (Å²) in [6.07, 6.45) is 28.9. The van der Waals surface area contributed by atoms with Crippen molar-refractivity contribution < 1.29 is 5.11 Å². The molecule has 0 atom stereocenters. The van der Waals surface area contributed by atoms with Gasteiger partial charge in [0.15, 0.2) is 0 Å². The maximum atomic E-state index is 9.60. The smallest absolute Gasteiger partial charge is 0.0436 e. The Morgan fingerprint density at radius 1 is 0.407 bits per heavy atom. The zero-order valence-electron chi connectivity index (χ0n) is 19.5. The molecule has 0 aliphatic carbocycles. The molecule has 1 nitrogen and oxygen atoms in total. The second kappa shape index (κ2) is 20.7. The van der Waals surface area contributed by atoms with Crippen LogP contribution in [0.5, 0.6) is 0 Å². The van der Waals surface area contributed by atoms with Gasteiger partial charge in [-0.3, -0.25) is 0 Å². The van der Waals surface area contributed by atoms with E-state index in [1.165, 1.54) is 128 Å². The minimum Gasteiger partial charge on any atom is -0.396 e. The Labute approximate surface area is 173 Å². The Morgan fingerprint density at radius 3 is 1.11 bits per heavy atom. The fourth-order valence-corrected chi connectivity index (χ4v) is 4.61. The molecule has 0 aliphatic heterocycles. The third-order valence-corrected chi connectivity index (χ3v) is 6.57. The molecule has 0 aromatic carbocycles. The molecule has 0 spiro atoms. The summed E-state index contributed by atoms with van der Waals surface area (Å²) in [5, 5.41) is 9.60. The highest BCUT2D eigenvalue weighted by molar-refractivity contribution is 4.79. The normalized spacial score (nSPS) is 12.0. The molecular formula is C26H54O. The average Bonchev–Trinajstić information content (AvgIpc) is 2.68. The minimum atomic E-state index is 0.381. The molecule has 1 N–H and O–H groups in total. The van der Waals surface area contributed by atoms with E-state index in [4.69, 9.17) is 0 Å². The van der Waals surface area contributed by atoms with E-state index in [0.717, 1.165) is 6.42 Å². The van der Waals surface area contributed by atoms with Gasteiger partial charge in [0.05, 0.1) is 0 Å². The molecule has 0 saturated carbocycles. The first-order valence-corrected chi connectivity index (χ1v) is 12.9. The van der Waals surface area contributed by atoms with Crippen LogP contribution in [0.15, 0.2) is 0 Å². The summed E-state index contributed by atoms with van der Waals surface area (Å²) in [5.74, 6) is 0. The Kier molecular flexibility index (Phi) is 20.7. The molecule has 164 valence electrons. The Balaban J connectivity index is 3.74. The van der Waals surface area contributed by atoms with Crippen molar-refractivity contribution in [1.82, 2.24) is 0 Å². The maximum absolute atomic E-state index is 9.60. The van der Waals surface area contributed by atoms with Crippen LogP contribution in [0.4, 0.5) is 0 Å². The van der Waals surface area contributed by atoms with Crippen molar-refractivity contribution in [2.45, 2.75) is 156 Å². The van der Waals surface area contributed by atoms with E-state index in [2.05, 4.69) is 20.8 Å². The molecule has 0 aromatic rings. The third-order valence-electron chi connectivity index (χ3n) is 6.57. The van der Waals surface area contributed by atoms with Gasteiger partial charge in [0, 0.05) is 6.61 Å². The lowest BCUT2D eigenvalue weighted by atomic mass is 9.72. The van der Waals surface area contributed by atoms with Gasteiger partial charge in [-0.25, -0.2) is 0 Å². The maximum Gasteiger partial charge on any atom is 0.0436 e. The summed E-state index contributed by atoms with van der Waals surface area (Å²) in [6.45, 7) is 7.28. The minimum absolute atomic E-state index is 0.381. The molecule has 0 rings (SSSR count). The predicted octanol–water partition coefficient (Wildman–Crippen LogP) is 9.22. The highest BCUT2D eigenvalue weighted by Crippen LogP contribution is 2.39. The third kappa shape index (κ3) is 16.6. The van der Waals surface area contributed by atoms with E-state index in [9.17, 15) is 5.11 Å². The van der Waals surface area contributed by atoms with Gasteiger partial charge in [0.25, 0.3) is 0 Å². The summed E-state index contributed by atoms with van der Waals surface area (Å²) >= 11 is 0. The van der Waals surface area contributed by atoms with Gasteiger partial charge in [-0.2, -0.15) is 0 Å². The number of hydrogen-bond acceptors (Lipinski definition) is 1. The summed E-state index contributed by atoms with van der Waals surface area (Å²) < 4.78 is 0. The number of unbranched alkanes of at least 4 members (excludes halogenated alkanes) is 14. The molecule has 0 fully saturated rings. The molecule has 27 heavy (non-hydrogen) atoms. The second-order valence-electron chi connectivity index (χ2n) is 9.17. The Bertz CT molecular complexity index is 265. The first-order chi connectivity index (χ1) is 13.2. The molecular weight excluding hydrogens is 328 g/mol. The highest BCUT2D eigenvalue weighted by Gasteiger charge is 2.27. The van der Waals surface area contributed by atoms with Crippen molar-refractivity contribution in [3.05, 3.63) is 0 Å². The standard InChI is InChI=1S/C26H54O/c1-4-7-10-11-12-13-14-15-16-17-18-19-20-23-26(24-25-27,21-8-5-2)22-9-6-3/h27H,4-25H2,1-3H3. The van der Waals surface area contributed by atoms with Crippen LogP contribution in [0, 0.1) is 5.41 Å². The van der Waals surface area contributed by atoms with Crippen LogP contribution in [-0.4, -0.2) is 11.7 Å². The van der Waals surface area contributed by atoms with Gasteiger partial charge in [-0.15, -0.1) is 0 Å². The van der Waals surface area contributed by atoms with E-state index < -0.39 is 0 Å². The highest BCUT2D eigenvalue weighted by atomic mass is 16.3. The van der Waals surface area contributed by atoms with Crippen LogP contribution in [0.1, 0.15) is 156 Å².